The second kappa shape index (κ2) is 6.99. The standard InChI is InChI=1S/C15H21N5O/c1-10(2)16-9-8-14(21)18-13-7-5-4-6-12(13)15-17-11(3)19-20-15/h4-7,10,16H,8-9H2,1-3H3,(H,18,21)(H,17,19,20). The summed E-state index contributed by atoms with van der Waals surface area (Å²) in [6.45, 7) is 6.61. The number of anilines is 1. The van der Waals surface area contributed by atoms with Crippen LogP contribution >= 0.6 is 0 Å². The van der Waals surface area contributed by atoms with Crippen molar-refractivity contribution in [3.05, 3.63) is 30.1 Å². The number of nitrogens with zero attached hydrogens (tertiary/aromatic N) is 2. The quantitative estimate of drug-likeness (QED) is 0.760. The lowest BCUT2D eigenvalue weighted by Gasteiger charge is -2.10. The second-order valence-corrected chi connectivity index (χ2v) is 5.20. The molecular formula is C15H21N5O. The number of amides is 1. The van der Waals surface area contributed by atoms with Crippen LogP contribution in [0.1, 0.15) is 26.1 Å². The zero-order valence-electron chi connectivity index (χ0n) is 12.6. The van der Waals surface area contributed by atoms with E-state index < -0.39 is 0 Å². The van der Waals surface area contributed by atoms with Crippen LogP contribution in [0.3, 0.4) is 0 Å². The van der Waals surface area contributed by atoms with Crippen LogP contribution in [0, 0.1) is 6.92 Å². The van der Waals surface area contributed by atoms with E-state index in [1.807, 2.05) is 31.2 Å². The van der Waals surface area contributed by atoms with Gasteiger partial charge in [0, 0.05) is 24.6 Å². The third-order valence-electron chi connectivity index (χ3n) is 2.94. The number of aromatic nitrogens is 3. The zero-order valence-corrected chi connectivity index (χ0v) is 12.6. The average molecular weight is 287 g/mol. The smallest absolute Gasteiger partial charge is 0.225 e. The molecule has 2 rings (SSSR count). The molecule has 0 fully saturated rings. The molecule has 0 saturated heterocycles. The van der Waals surface area contributed by atoms with Gasteiger partial charge in [0.1, 0.15) is 5.82 Å². The molecule has 6 nitrogen and oxygen atoms in total. The Morgan fingerprint density at radius 3 is 2.76 bits per heavy atom. The summed E-state index contributed by atoms with van der Waals surface area (Å²) >= 11 is 0. The van der Waals surface area contributed by atoms with Crippen LogP contribution in [0.5, 0.6) is 0 Å². The monoisotopic (exact) mass is 287 g/mol. The van der Waals surface area contributed by atoms with Crippen LogP contribution in [0.15, 0.2) is 24.3 Å². The molecule has 0 aliphatic rings. The molecule has 0 bridgehead atoms. The summed E-state index contributed by atoms with van der Waals surface area (Å²) in [6.07, 6.45) is 0.430. The molecule has 1 aromatic heterocycles. The Bertz CT molecular complexity index is 606. The van der Waals surface area contributed by atoms with Crippen molar-refractivity contribution in [1.29, 1.82) is 0 Å². The maximum Gasteiger partial charge on any atom is 0.225 e. The van der Waals surface area contributed by atoms with E-state index in [4.69, 9.17) is 0 Å². The molecule has 0 saturated carbocycles. The summed E-state index contributed by atoms with van der Waals surface area (Å²) in [7, 11) is 0. The largest absolute Gasteiger partial charge is 0.325 e. The van der Waals surface area contributed by atoms with Gasteiger partial charge in [-0.05, 0) is 19.1 Å². The van der Waals surface area contributed by atoms with Crippen molar-refractivity contribution in [3.8, 4) is 11.4 Å². The lowest BCUT2D eigenvalue weighted by Crippen LogP contribution is -2.27. The van der Waals surface area contributed by atoms with Crippen molar-refractivity contribution < 1.29 is 4.79 Å². The number of rotatable bonds is 6. The second-order valence-electron chi connectivity index (χ2n) is 5.20. The van der Waals surface area contributed by atoms with Gasteiger partial charge in [0.25, 0.3) is 0 Å². The van der Waals surface area contributed by atoms with E-state index in [2.05, 4.69) is 39.7 Å². The van der Waals surface area contributed by atoms with Crippen LogP contribution in [0.25, 0.3) is 11.4 Å². The van der Waals surface area contributed by atoms with Crippen molar-refractivity contribution in [2.45, 2.75) is 33.2 Å². The van der Waals surface area contributed by atoms with Gasteiger partial charge in [-0.2, -0.15) is 5.10 Å². The van der Waals surface area contributed by atoms with Crippen molar-refractivity contribution in [3.63, 3.8) is 0 Å². The Balaban J connectivity index is 2.05. The van der Waals surface area contributed by atoms with Crippen LogP contribution in [-0.2, 0) is 4.79 Å². The SMILES string of the molecule is Cc1nc(-c2ccccc2NC(=O)CCNC(C)C)n[nH]1. The molecule has 0 atom stereocenters. The first-order chi connectivity index (χ1) is 10.1. The Morgan fingerprint density at radius 1 is 1.33 bits per heavy atom. The van der Waals surface area contributed by atoms with Gasteiger partial charge in [0.05, 0.1) is 5.69 Å². The normalized spacial score (nSPS) is 10.9. The predicted octanol–water partition coefficient (Wildman–Crippen LogP) is 2.11. The van der Waals surface area contributed by atoms with E-state index in [-0.39, 0.29) is 5.91 Å². The number of carbonyl (C=O) groups is 1. The number of carbonyl (C=O) groups excluding carboxylic acids is 1. The number of para-hydroxylation sites is 1. The molecule has 3 N–H and O–H groups in total. The van der Waals surface area contributed by atoms with E-state index in [0.29, 0.717) is 24.8 Å². The highest BCUT2D eigenvalue weighted by Crippen LogP contribution is 2.24. The Morgan fingerprint density at radius 2 is 2.10 bits per heavy atom. The minimum atomic E-state index is -0.0251. The molecule has 0 unspecified atom stereocenters. The van der Waals surface area contributed by atoms with Gasteiger partial charge < -0.3 is 10.6 Å². The Labute approximate surface area is 124 Å². The summed E-state index contributed by atoms with van der Waals surface area (Å²) in [5.41, 5.74) is 1.54. The Hall–Kier alpha value is -2.21. The van der Waals surface area contributed by atoms with Gasteiger partial charge in [0.2, 0.25) is 5.91 Å². The molecule has 6 heteroatoms. The van der Waals surface area contributed by atoms with Gasteiger partial charge in [-0.25, -0.2) is 4.98 Å². The molecule has 1 aromatic carbocycles. The number of nitrogens with one attached hydrogen (secondary N) is 3. The fourth-order valence-electron chi connectivity index (χ4n) is 1.94. The maximum absolute atomic E-state index is 12.0. The predicted molar refractivity (Wildman–Crippen MR) is 82.9 cm³/mol. The number of benzene rings is 1. The van der Waals surface area contributed by atoms with Gasteiger partial charge in [-0.15, -0.1) is 0 Å². The third-order valence-corrected chi connectivity index (χ3v) is 2.94. The first-order valence-electron chi connectivity index (χ1n) is 7.08. The van der Waals surface area contributed by atoms with Gasteiger partial charge in [-0.3, -0.25) is 9.89 Å². The number of H-pyrrole nitrogens is 1. The van der Waals surface area contributed by atoms with Gasteiger partial charge in [-0.1, -0.05) is 26.0 Å². The molecule has 1 amide bonds. The van der Waals surface area contributed by atoms with Gasteiger partial charge in [0.15, 0.2) is 5.82 Å². The van der Waals surface area contributed by atoms with Crippen LogP contribution in [0.4, 0.5) is 5.69 Å². The summed E-state index contributed by atoms with van der Waals surface area (Å²) in [4.78, 5) is 16.3. The van der Waals surface area contributed by atoms with Crippen LogP contribution in [-0.4, -0.2) is 33.7 Å². The van der Waals surface area contributed by atoms with Crippen molar-refractivity contribution in [2.24, 2.45) is 0 Å². The summed E-state index contributed by atoms with van der Waals surface area (Å²) in [6, 6.07) is 7.91. The van der Waals surface area contributed by atoms with E-state index in [0.717, 1.165) is 17.1 Å². The maximum atomic E-state index is 12.0. The molecule has 21 heavy (non-hydrogen) atoms. The van der Waals surface area contributed by atoms with Crippen molar-refractivity contribution in [1.82, 2.24) is 20.5 Å². The van der Waals surface area contributed by atoms with E-state index in [1.165, 1.54) is 0 Å². The van der Waals surface area contributed by atoms with Crippen LogP contribution < -0.4 is 10.6 Å². The van der Waals surface area contributed by atoms with E-state index in [9.17, 15) is 4.79 Å². The topological polar surface area (TPSA) is 82.7 Å². The molecule has 2 aromatic rings. The van der Waals surface area contributed by atoms with Crippen LogP contribution in [0.2, 0.25) is 0 Å². The van der Waals surface area contributed by atoms with E-state index in [1.54, 1.807) is 0 Å². The van der Waals surface area contributed by atoms with E-state index >= 15 is 0 Å². The average Bonchev–Trinajstić information content (AvgIpc) is 2.85. The fraction of sp³-hybridized carbons (Fsp3) is 0.400. The number of aromatic amines is 1. The number of aryl methyl sites for hydroxylation is 1. The minimum Gasteiger partial charge on any atom is -0.325 e. The molecule has 0 radical (unpaired) electrons. The lowest BCUT2D eigenvalue weighted by molar-refractivity contribution is -0.116. The molecule has 0 aliphatic carbocycles. The Kier molecular flexibility index (Phi) is 5.05. The summed E-state index contributed by atoms with van der Waals surface area (Å²) < 4.78 is 0. The van der Waals surface area contributed by atoms with Gasteiger partial charge >= 0.3 is 0 Å². The molecule has 0 aliphatic heterocycles. The molecule has 112 valence electrons. The molecule has 0 spiro atoms. The third kappa shape index (κ3) is 4.39. The van der Waals surface area contributed by atoms with Crippen molar-refractivity contribution in [2.75, 3.05) is 11.9 Å². The van der Waals surface area contributed by atoms with Crippen molar-refractivity contribution >= 4 is 11.6 Å². The number of hydrogen-bond donors (Lipinski definition) is 3. The lowest BCUT2D eigenvalue weighted by atomic mass is 10.1. The highest BCUT2D eigenvalue weighted by Gasteiger charge is 2.11. The molecule has 1 heterocycles. The summed E-state index contributed by atoms with van der Waals surface area (Å²) in [5, 5.41) is 13.1. The number of hydrogen-bond acceptors (Lipinski definition) is 4. The highest BCUT2D eigenvalue weighted by atomic mass is 16.1. The highest BCUT2D eigenvalue weighted by molar-refractivity contribution is 5.94. The first kappa shape index (κ1) is 15.2. The summed E-state index contributed by atoms with van der Waals surface area (Å²) in [5.74, 6) is 1.30. The minimum absolute atomic E-state index is 0.0251. The zero-order chi connectivity index (χ0) is 15.2. The fourth-order valence-corrected chi connectivity index (χ4v) is 1.94. The molecular weight excluding hydrogens is 266 g/mol. The first-order valence-corrected chi connectivity index (χ1v) is 7.08.